The molecule has 0 radical (unpaired) electrons. The van der Waals surface area contributed by atoms with Crippen molar-refractivity contribution in [2.45, 2.75) is 26.4 Å². The highest BCUT2D eigenvalue weighted by atomic mass is 15.3. The van der Waals surface area contributed by atoms with Crippen molar-refractivity contribution in [1.82, 2.24) is 20.1 Å². The van der Waals surface area contributed by atoms with Crippen LogP contribution in [0, 0.1) is 6.92 Å². The van der Waals surface area contributed by atoms with Crippen LogP contribution in [0.4, 0.5) is 0 Å². The molecular weight excluding hydrogens is 212 g/mol. The van der Waals surface area contributed by atoms with Gasteiger partial charge in [-0.2, -0.15) is 5.10 Å². The Kier molecular flexibility index (Phi) is 3.54. The van der Waals surface area contributed by atoms with Crippen molar-refractivity contribution in [2.24, 2.45) is 0 Å². The molecular formula is C13H18N4. The van der Waals surface area contributed by atoms with Crippen LogP contribution in [0.2, 0.25) is 0 Å². The second kappa shape index (κ2) is 5.10. The monoisotopic (exact) mass is 230 g/mol. The van der Waals surface area contributed by atoms with Crippen molar-refractivity contribution >= 4 is 0 Å². The molecule has 1 N–H and O–H groups in total. The summed E-state index contributed by atoms with van der Waals surface area (Å²) in [5.74, 6) is 0. The number of aryl methyl sites for hydroxylation is 2. The van der Waals surface area contributed by atoms with Gasteiger partial charge in [-0.15, -0.1) is 0 Å². The van der Waals surface area contributed by atoms with Gasteiger partial charge in [-0.3, -0.25) is 9.67 Å². The Morgan fingerprint density at radius 1 is 1.29 bits per heavy atom. The van der Waals surface area contributed by atoms with E-state index in [1.165, 1.54) is 16.7 Å². The minimum absolute atomic E-state index is 0.155. The fourth-order valence-electron chi connectivity index (χ4n) is 1.96. The Morgan fingerprint density at radius 3 is 2.71 bits per heavy atom. The van der Waals surface area contributed by atoms with Gasteiger partial charge in [0.2, 0.25) is 0 Å². The molecule has 2 aromatic rings. The van der Waals surface area contributed by atoms with Crippen LogP contribution in [0.5, 0.6) is 0 Å². The quantitative estimate of drug-likeness (QED) is 0.872. The average molecular weight is 230 g/mol. The van der Waals surface area contributed by atoms with E-state index in [1.807, 2.05) is 30.3 Å². The summed E-state index contributed by atoms with van der Waals surface area (Å²) in [5, 5.41) is 7.61. The maximum absolute atomic E-state index is 4.31. The molecule has 1 unspecified atom stereocenters. The van der Waals surface area contributed by atoms with Gasteiger partial charge >= 0.3 is 0 Å². The minimum atomic E-state index is 0.155. The molecule has 4 nitrogen and oxygen atoms in total. The van der Waals surface area contributed by atoms with Gasteiger partial charge in [0, 0.05) is 30.7 Å². The molecule has 17 heavy (non-hydrogen) atoms. The first-order valence-electron chi connectivity index (χ1n) is 5.85. The summed E-state index contributed by atoms with van der Waals surface area (Å²) < 4.78 is 1.93. The molecule has 2 rings (SSSR count). The van der Waals surface area contributed by atoms with Crippen molar-refractivity contribution in [3.05, 3.63) is 47.5 Å². The molecule has 0 aromatic carbocycles. The van der Waals surface area contributed by atoms with E-state index in [4.69, 9.17) is 0 Å². The third kappa shape index (κ3) is 2.53. The van der Waals surface area contributed by atoms with E-state index in [2.05, 4.69) is 41.5 Å². The molecule has 90 valence electrons. The Bertz CT molecular complexity index is 490. The van der Waals surface area contributed by atoms with Crippen LogP contribution in [0.1, 0.15) is 29.7 Å². The van der Waals surface area contributed by atoms with Crippen LogP contribution >= 0.6 is 0 Å². The van der Waals surface area contributed by atoms with Crippen molar-refractivity contribution in [1.29, 1.82) is 0 Å². The van der Waals surface area contributed by atoms with E-state index in [9.17, 15) is 0 Å². The van der Waals surface area contributed by atoms with Crippen molar-refractivity contribution in [2.75, 3.05) is 7.05 Å². The molecule has 2 aromatic heterocycles. The number of nitrogens with one attached hydrogen (secondary N) is 1. The van der Waals surface area contributed by atoms with Crippen LogP contribution in [0.25, 0.3) is 0 Å². The zero-order chi connectivity index (χ0) is 12.3. The molecule has 0 amide bonds. The maximum atomic E-state index is 4.31. The molecule has 0 fully saturated rings. The van der Waals surface area contributed by atoms with Gasteiger partial charge in [0.1, 0.15) is 0 Å². The van der Waals surface area contributed by atoms with E-state index in [1.54, 1.807) is 0 Å². The third-order valence-electron chi connectivity index (χ3n) is 2.83. The molecule has 0 saturated heterocycles. The Morgan fingerprint density at radius 2 is 2.12 bits per heavy atom. The van der Waals surface area contributed by atoms with Crippen LogP contribution in [-0.2, 0) is 6.54 Å². The van der Waals surface area contributed by atoms with E-state index in [0.29, 0.717) is 0 Å². The molecule has 4 heteroatoms. The van der Waals surface area contributed by atoms with Crippen molar-refractivity contribution < 1.29 is 0 Å². The van der Waals surface area contributed by atoms with E-state index in [0.717, 1.165) is 6.54 Å². The third-order valence-corrected chi connectivity index (χ3v) is 2.83. The number of nitrogens with zero attached hydrogens (tertiary/aromatic N) is 3. The summed E-state index contributed by atoms with van der Waals surface area (Å²) in [6, 6.07) is 2.31. The summed E-state index contributed by atoms with van der Waals surface area (Å²) in [6.45, 7) is 5.03. The summed E-state index contributed by atoms with van der Waals surface area (Å²) in [7, 11) is 1.95. The van der Waals surface area contributed by atoms with Gasteiger partial charge in [0.05, 0.1) is 12.2 Å². The summed E-state index contributed by atoms with van der Waals surface area (Å²) in [6.07, 6.45) is 7.75. The average Bonchev–Trinajstić information content (AvgIpc) is 2.79. The van der Waals surface area contributed by atoms with E-state index < -0.39 is 0 Å². The summed E-state index contributed by atoms with van der Waals surface area (Å²) in [4.78, 5) is 4.24. The lowest BCUT2D eigenvalue weighted by atomic mass is 10.0. The fraction of sp³-hybridized carbons (Fsp3) is 0.385. The molecule has 2 heterocycles. The standard InChI is InChI=1S/C13H18N4/c1-4-17-9-12(8-16-17)13(14-3)11-5-10(2)6-15-7-11/h5-9,13-14H,4H2,1-3H3. The second-order valence-electron chi connectivity index (χ2n) is 4.15. The Hall–Kier alpha value is -1.68. The molecule has 0 bridgehead atoms. The lowest BCUT2D eigenvalue weighted by Gasteiger charge is -2.14. The van der Waals surface area contributed by atoms with Crippen LogP contribution in [0.3, 0.4) is 0 Å². The van der Waals surface area contributed by atoms with Gasteiger partial charge in [-0.1, -0.05) is 6.07 Å². The first kappa shape index (κ1) is 11.8. The predicted molar refractivity (Wildman–Crippen MR) is 67.8 cm³/mol. The highest BCUT2D eigenvalue weighted by molar-refractivity contribution is 5.29. The molecule has 0 aliphatic heterocycles. The highest BCUT2D eigenvalue weighted by Crippen LogP contribution is 2.21. The number of aromatic nitrogens is 3. The topological polar surface area (TPSA) is 42.7 Å². The first-order chi connectivity index (χ1) is 8.24. The maximum Gasteiger partial charge on any atom is 0.0620 e. The van der Waals surface area contributed by atoms with Crippen molar-refractivity contribution in [3.63, 3.8) is 0 Å². The largest absolute Gasteiger partial charge is 0.309 e. The predicted octanol–water partition coefficient (Wildman–Crippen LogP) is 1.92. The zero-order valence-corrected chi connectivity index (χ0v) is 10.5. The molecule has 0 aliphatic carbocycles. The van der Waals surface area contributed by atoms with E-state index >= 15 is 0 Å². The second-order valence-corrected chi connectivity index (χ2v) is 4.15. The minimum Gasteiger partial charge on any atom is -0.309 e. The molecule has 0 saturated carbocycles. The molecule has 0 aliphatic rings. The van der Waals surface area contributed by atoms with Crippen LogP contribution < -0.4 is 5.32 Å². The van der Waals surface area contributed by atoms with Crippen molar-refractivity contribution in [3.8, 4) is 0 Å². The molecule has 1 atom stereocenters. The first-order valence-corrected chi connectivity index (χ1v) is 5.85. The lowest BCUT2D eigenvalue weighted by molar-refractivity contribution is 0.653. The molecule has 0 spiro atoms. The number of rotatable bonds is 4. The van der Waals surface area contributed by atoms with Crippen LogP contribution in [0.15, 0.2) is 30.9 Å². The van der Waals surface area contributed by atoms with Gasteiger partial charge in [0.15, 0.2) is 0 Å². The number of hydrogen-bond acceptors (Lipinski definition) is 3. The fourth-order valence-corrected chi connectivity index (χ4v) is 1.96. The van der Waals surface area contributed by atoms with Crippen LogP contribution in [-0.4, -0.2) is 21.8 Å². The van der Waals surface area contributed by atoms with E-state index in [-0.39, 0.29) is 6.04 Å². The summed E-state index contributed by atoms with van der Waals surface area (Å²) in [5.41, 5.74) is 3.51. The Labute approximate surface area is 102 Å². The van der Waals surface area contributed by atoms with Gasteiger partial charge in [0.25, 0.3) is 0 Å². The number of pyridine rings is 1. The highest BCUT2D eigenvalue weighted by Gasteiger charge is 2.14. The lowest BCUT2D eigenvalue weighted by Crippen LogP contribution is -2.17. The van der Waals surface area contributed by atoms with Gasteiger partial charge in [-0.05, 0) is 32.0 Å². The zero-order valence-electron chi connectivity index (χ0n) is 10.5. The number of hydrogen-bond donors (Lipinski definition) is 1. The SMILES string of the molecule is CCn1cc(C(NC)c2cncc(C)c2)cn1. The summed E-state index contributed by atoms with van der Waals surface area (Å²) >= 11 is 0. The van der Waals surface area contributed by atoms with Gasteiger partial charge in [-0.25, -0.2) is 0 Å². The Balaban J connectivity index is 2.33. The van der Waals surface area contributed by atoms with Gasteiger partial charge < -0.3 is 5.32 Å². The normalized spacial score (nSPS) is 12.6. The smallest absolute Gasteiger partial charge is 0.0620 e.